The zero-order valence-corrected chi connectivity index (χ0v) is 18.8. The van der Waals surface area contributed by atoms with E-state index in [2.05, 4.69) is 86.8 Å². The van der Waals surface area contributed by atoms with E-state index in [1.165, 1.54) is 70.2 Å². The van der Waals surface area contributed by atoms with Crippen LogP contribution in [0.3, 0.4) is 0 Å². The van der Waals surface area contributed by atoms with Crippen LogP contribution in [0.25, 0.3) is 11.1 Å². The number of aryl methyl sites for hydroxylation is 4. The second-order valence-electron chi connectivity index (χ2n) is 9.03. The molecule has 30 heavy (non-hydrogen) atoms. The summed E-state index contributed by atoms with van der Waals surface area (Å²) in [5.74, 6) is 0. The highest BCUT2D eigenvalue weighted by Gasteiger charge is 2.15. The minimum absolute atomic E-state index is 0.725. The zero-order valence-electron chi connectivity index (χ0n) is 18.8. The van der Waals surface area contributed by atoms with Crippen molar-refractivity contribution in [1.82, 2.24) is 5.32 Å². The predicted octanol–water partition coefficient (Wildman–Crippen LogP) is 7.10. The number of hydrogen-bond acceptors (Lipinski definition) is 1. The highest BCUT2D eigenvalue weighted by atomic mass is 14.9. The first-order valence-corrected chi connectivity index (χ1v) is 11.6. The molecule has 0 aromatic heterocycles. The topological polar surface area (TPSA) is 12.0 Å². The quantitative estimate of drug-likeness (QED) is 0.448. The van der Waals surface area contributed by atoms with E-state index in [1.54, 1.807) is 0 Å². The average Bonchev–Trinajstić information content (AvgIpc) is 3.27. The van der Waals surface area contributed by atoms with E-state index in [4.69, 9.17) is 0 Å². The van der Waals surface area contributed by atoms with E-state index in [9.17, 15) is 0 Å². The molecule has 0 amide bonds. The van der Waals surface area contributed by atoms with Crippen molar-refractivity contribution >= 4 is 0 Å². The van der Waals surface area contributed by atoms with Crippen LogP contribution in [0.5, 0.6) is 0 Å². The number of nitrogens with one attached hydrogen (secondary N) is 1. The van der Waals surface area contributed by atoms with Gasteiger partial charge in [-0.3, -0.25) is 0 Å². The van der Waals surface area contributed by atoms with E-state index in [1.807, 2.05) is 0 Å². The molecule has 1 heteroatoms. The summed E-state index contributed by atoms with van der Waals surface area (Å²) < 4.78 is 0. The molecule has 1 fully saturated rings. The molecule has 0 radical (unpaired) electrons. The fraction of sp³-hybridized carbons (Fsp3) is 0.379. The average molecular weight is 398 g/mol. The lowest BCUT2D eigenvalue weighted by atomic mass is 9.92. The van der Waals surface area contributed by atoms with Gasteiger partial charge >= 0.3 is 0 Å². The van der Waals surface area contributed by atoms with Crippen molar-refractivity contribution in [2.75, 3.05) is 0 Å². The third-order valence-corrected chi connectivity index (χ3v) is 6.89. The molecule has 1 nitrogen and oxygen atoms in total. The maximum Gasteiger partial charge on any atom is 0.0213 e. The molecule has 1 aliphatic rings. The maximum absolute atomic E-state index is 3.79. The summed E-state index contributed by atoms with van der Waals surface area (Å²) in [7, 11) is 0. The number of hydrogen-bond donors (Lipinski definition) is 1. The standard InChI is InChI=1S/C29H35N/c1-21-18-24(19-22(2)29(21)20-30-27-13-7-8-14-27)16-17-25-12-9-15-28(23(25)3)26-10-5-4-6-11-26/h4-6,9-12,15,18-19,27,30H,7-8,13-14,16-17,20H2,1-3H3. The molecule has 0 aliphatic heterocycles. The predicted molar refractivity (Wildman–Crippen MR) is 129 cm³/mol. The van der Waals surface area contributed by atoms with E-state index in [0.717, 1.165) is 25.4 Å². The number of rotatable bonds is 7. The van der Waals surface area contributed by atoms with Gasteiger partial charge in [0, 0.05) is 12.6 Å². The van der Waals surface area contributed by atoms with Crippen molar-refractivity contribution in [2.45, 2.75) is 71.9 Å². The van der Waals surface area contributed by atoms with Crippen LogP contribution in [0.4, 0.5) is 0 Å². The van der Waals surface area contributed by atoms with E-state index >= 15 is 0 Å². The van der Waals surface area contributed by atoms with Gasteiger partial charge in [-0.15, -0.1) is 0 Å². The van der Waals surface area contributed by atoms with Crippen molar-refractivity contribution in [3.05, 3.63) is 94.0 Å². The Morgan fingerprint density at radius 1 is 0.800 bits per heavy atom. The third-order valence-electron chi connectivity index (χ3n) is 6.89. The van der Waals surface area contributed by atoms with Crippen LogP contribution >= 0.6 is 0 Å². The fourth-order valence-electron chi connectivity index (χ4n) is 5.05. The Labute approximate surface area is 182 Å². The fourth-order valence-corrected chi connectivity index (χ4v) is 5.05. The van der Waals surface area contributed by atoms with Gasteiger partial charge in [-0.05, 0) is 91.0 Å². The SMILES string of the molecule is Cc1cc(CCc2cccc(-c3ccccc3)c2C)cc(C)c1CNC1CCCC1. The first-order valence-electron chi connectivity index (χ1n) is 11.6. The van der Waals surface area contributed by atoms with Gasteiger partial charge < -0.3 is 5.32 Å². The minimum Gasteiger partial charge on any atom is -0.310 e. The van der Waals surface area contributed by atoms with Gasteiger partial charge in [0.25, 0.3) is 0 Å². The molecule has 0 spiro atoms. The van der Waals surface area contributed by atoms with Crippen LogP contribution in [-0.4, -0.2) is 6.04 Å². The van der Waals surface area contributed by atoms with Crippen LogP contribution in [0, 0.1) is 20.8 Å². The van der Waals surface area contributed by atoms with E-state index in [0.29, 0.717) is 0 Å². The molecule has 0 unspecified atom stereocenters. The van der Waals surface area contributed by atoms with Crippen molar-refractivity contribution in [3.8, 4) is 11.1 Å². The summed E-state index contributed by atoms with van der Waals surface area (Å²) in [6.07, 6.45) is 7.65. The Balaban J connectivity index is 1.45. The molecule has 4 rings (SSSR count). The molecule has 1 aliphatic carbocycles. The van der Waals surface area contributed by atoms with Crippen molar-refractivity contribution < 1.29 is 0 Å². The summed E-state index contributed by atoms with van der Waals surface area (Å²) in [4.78, 5) is 0. The van der Waals surface area contributed by atoms with Crippen LogP contribution < -0.4 is 5.32 Å². The molecule has 0 heterocycles. The minimum atomic E-state index is 0.725. The summed E-state index contributed by atoms with van der Waals surface area (Å²) in [5.41, 5.74) is 11.4. The molecule has 0 saturated heterocycles. The first kappa shape index (κ1) is 20.9. The smallest absolute Gasteiger partial charge is 0.0213 e. The van der Waals surface area contributed by atoms with Crippen LogP contribution in [0.1, 0.15) is 59.1 Å². The molecule has 1 saturated carbocycles. The molecule has 1 N–H and O–H groups in total. The molecular weight excluding hydrogens is 362 g/mol. The Morgan fingerprint density at radius 2 is 1.50 bits per heavy atom. The monoisotopic (exact) mass is 397 g/mol. The molecule has 3 aromatic carbocycles. The van der Waals surface area contributed by atoms with Crippen LogP contribution in [0.2, 0.25) is 0 Å². The summed E-state index contributed by atoms with van der Waals surface area (Å²) >= 11 is 0. The molecular formula is C29H35N. The first-order chi connectivity index (χ1) is 14.6. The normalized spacial score (nSPS) is 14.4. The second-order valence-corrected chi connectivity index (χ2v) is 9.03. The molecule has 0 bridgehead atoms. The maximum atomic E-state index is 3.79. The van der Waals surface area contributed by atoms with Gasteiger partial charge in [-0.25, -0.2) is 0 Å². The van der Waals surface area contributed by atoms with E-state index < -0.39 is 0 Å². The zero-order chi connectivity index (χ0) is 20.9. The van der Waals surface area contributed by atoms with Gasteiger partial charge in [0.05, 0.1) is 0 Å². The second kappa shape index (κ2) is 9.62. The Hall–Kier alpha value is -2.38. The summed E-state index contributed by atoms with van der Waals surface area (Å²) in [6.45, 7) is 7.85. The third kappa shape index (κ3) is 4.84. The lowest BCUT2D eigenvalue weighted by Crippen LogP contribution is -2.26. The Bertz CT molecular complexity index is 957. The van der Waals surface area contributed by atoms with Gasteiger partial charge in [0.2, 0.25) is 0 Å². The van der Waals surface area contributed by atoms with Crippen molar-refractivity contribution in [3.63, 3.8) is 0 Å². The molecule has 3 aromatic rings. The largest absolute Gasteiger partial charge is 0.310 e. The van der Waals surface area contributed by atoms with Crippen LogP contribution in [0.15, 0.2) is 60.7 Å². The highest BCUT2D eigenvalue weighted by Crippen LogP contribution is 2.27. The van der Waals surface area contributed by atoms with Gasteiger partial charge in [-0.2, -0.15) is 0 Å². The highest BCUT2D eigenvalue weighted by molar-refractivity contribution is 5.68. The number of benzene rings is 3. The lowest BCUT2D eigenvalue weighted by Gasteiger charge is -2.17. The van der Waals surface area contributed by atoms with Gasteiger partial charge in [0.15, 0.2) is 0 Å². The van der Waals surface area contributed by atoms with Crippen LogP contribution in [-0.2, 0) is 19.4 Å². The van der Waals surface area contributed by atoms with E-state index in [-0.39, 0.29) is 0 Å². The Morgan fingerprint density at radius 3 is 2.20 bits per heavy atom. The Kier molecular flexibility index (Phi) is 6.69. The molecule has 156 valence electrons. The summed E-state index contributed by atoms with van der Waals surface area (Å²) in [5, 5.41) is 3.79. The summed E-state index contributed by atoms with van der Waals surface area (Å²) in [6, 6.07) is 23.0. The lowest BCUT2D eigenvalue weighted by molar-refractivity contribution is 0.522. The molecule has 0 atom stereocenters. The van der Waals surface area contributed by atoms with Gasteiger partial charge in [-0.1, -0.05) is 73.5 Å². The van der Waals surface area contributed by atoms with Gasteiger partial charge in [0.1, 0.15) is 0 Å². The van der Waals surface area contributed by atoms with Crippen molar-refractivity contribution in [1.29, 1.82) is 0 Å². The van der Waals surface area contributed by atoms with Crippen molar-refractivity contribution in [2.24, 2.45) is 0 Å².